The zero-order valence-electron chi connectivity index (χ0n) is 67.6. The van der Waals surface area contributed by atoms with Crippen LogP contribution in [0.3, 0.4) is 0 Å². The SMILES string of the molecule is CC/C=C\C/C=C\C/C=C\C/C=C\C/C=C\CCCCCC(=O)OCC(COP(=O)(O)OCC(O)COP(=O)(O)OCC(COC(=O)CCC/C=C\C/C=C\C/C=C\C/C=C\C/C=C\CC)OC(=O)C/C=C\C/C=C\C/C=C\C/C=C\C/C=C\CC)OC(=O)CCCCCCCC/C=C\C/C=C\C/C=C\CCCCC. The molecule has 0 amide bonds. The van der Waals surface area contributed by atoms with Crippen molar-refractivity contribution < 1.29 is 80.2 Å². The summed E-state index contributed by atoms with van der Waals surface area (Å²) in [4.78, 5) is 73.1. The standard InChI is InChI=1S/C91H142O17P2/c1-5-9-13-17-21-25-29-33-37-40-42-45-49-52-56-60-64-68-72-76-89(94)102-82-87(108-91(96)78-74-70-66-62-58-54-50-46-43-41-38-34-30-26-22-18-14-10-6-2)84-106-110(99,100)104-80-85(92)79-103-109(97,98)105-83-86(107-90(95)77-73-69-65-61-57-53-47-36-32-28-24-20-16-12-8-4)81-101-88(93)75-71-67-63-59-55-51-48-44-39-35-31-27-23-19-15-11-7-3/h9,11-13,15-16,21-28,33-39,42-43,45-48,51-52,56-57,59,61,63,69,73,85-87,92H,5-8,10,14,17-20,29-32,40-41,44,49-50,53-55,58,60,62,64-68,70-72,74-84H2,1-4H3,(H,97,98)(H,99,100)/b13-9-,15-11-,16-12-,25-21-,26-22-,27-23-,28-24-,37-33-,38-34-,39-35-,45-42-,46-43-,47-36-,51-48-,56-52-,61-57-,63-59-,73-69-. The molecule has 0 fully saturated rings. The van der Waals surface area contributed by atoms with Gasteiger partial charge in [0.1, 0.15) is 19.3 Å². The molecule has 17 nitrogen and oxygen atoms in total. The fourth-order valence-corrected chi connectivity index (χ4v) is 11.4. The Labute approximate surface area is 664 Å². The highest BCUT2D eigenvalue weighted by molar-refractivity contribution is 7.47. The molecule has 5 unspecified atom stereocenters. The summed E-state index contributed by atoms with van der Waals surface area (Å²) in [5.74, 6) is -2.47. The van der Waals surface area contributed by atoms with E-state index >= 15 is 0 Å². The summed E-state index contributed by atoms with van der Waals surface area (Å²) in [6.45, 7) is 4.24. The second kappa shape index (κ2) is 80.4. The molecule has 0 bridgehead atoms. The van der Waals surface area contributed by atoms with Gasteiger partial charge in [-0.05, 0) is 173 Å². The highest BCUT2D eigenvalue weighted by atomic mass is 31.2. The third-order valence-corrected chi connectivity index (χ3v) is 17.8. The van der Waals surface area contributed by atoms with Crippen LogP contribution < -0.4 is 0 Å². The molecule has 0 radical (unpaired) electrons. The summed E-state index contributed by atoms with van der Waals surface area (Å²) < 4.78 is 68.5. The van der Waals surface area contributed by atoms with Crippen molar-refractivity contribution in [1.82, 2.24) is 0 Å². The van der Waals surface area contributed by atoms with Crippen molar-refractivity contribution in [2.24, 2.45) is 0 Å². The number of aliphatic hydroxyl groups excluding tert-OH is 1. The van der Waals surface area contributed by atoms with Crippen molar-refractivity contribution in [1.29, 1.82) is 0 Å². The van der Waals surface area contributed by atoms with Gasteiger partial charge in [-0.15, -0.1) is 0 Å². The molecule has 0 spiro atoms. The van der Waals surface area contributed by atoms with Crippen molar-refractivity contribution in [3.63, 3.8) is 0 Å². The number of rotatable bonds is 74. The summed E-state index contributed by atoms with van der Waals surface area (Å²) in [6.07, 6.45) is 102. The van der Waals surface area contributed by atoms with Gasteiger partial charge in [0.05, 0.1) is 32.8 Å². The third kappa shape index (κ3) is 79.5. The van der Waals surface area contributed by atoms with Crippen LogP contribution >= 0.6 is 15.6 Å². The second-order valence-corrected chi connectivity index (χ2v) is 29.1. The molecule has 0 aromatic rings. The number of esters is 4. The van der Waals surface area contributed by atoms with Crippen molar-refractivity contribution in [3.8, 4) is 0 Å². The molecular weight excluding hydrogens is 1430 g/mol. The van der Waals surface area contributed by atoms with E-state index in [9.17, 15) is 43.2 Å². The number of phosphoric ester groups is 2. The molecule has 0 aliphatic carbocycles. The lowest BCUT2D eigenvalue weighted by molar-refractivity contribution is -0.161. The zero-order chi connectivity index (χ0) is 80.3. The maximum atomic E-state index is 13.1. The number of hydrogen-bond acceptors (Lipinski definition) is 15. The van der Waals surface area contributed by atoms with Gasteiger partial charge in [0.15, 0.2) is 12.2 Å². The molecule has 0 saturated heterocycles. The highest BCUT2D eigenvalue weighted by Crippen LogP contribution is 2.45. The number of carbonyl (C=O) groups excluding carboxylic acids is 4. The van der Waals surface area contributed by atoms with Crippen LogP contribution in [0.2, 0.25) is 0 Å². The van der Waals surface area contributed by atoms with Crippen LogP contribution in [0.25, 0.3) is 0 Å². The fraction of sp³-hybridized carbons (Fsp3) is 0.560. The van der Waals surface area contributed by atoms with E-state index in [0.29, 0.717) is 32.1 Å². The minimum Gasteiger partial charge on any atom is -0.462 e. The maximum Gasteiger partial charge on any atom is 0.472 e. The Bertz CT molecular complexity index is 2950. The van der Waals surface area contributed by atoms with Gasteiger partial charge in [-0.2, -0.15) is 0 Å². The Balaban J connectivity index is 5.56. The lowest BCUT2D eigenvalue weighted by Gasteiger charge is -2.21. The second-order valence-electron chi connectivity index (χ2n) is 26.2. The first-order chi connectivity index (χ1) is 53.7. The smallest absolute Gasteiger partial charge is 0.462 e. The normalized spacial score (nSPS) is 14.9. The summed E-state index contributed by atoms with van der Waals surface area (Å²) in [5.41, 5.74) is 0. The van der Waals surface area contributed by atoms with E-state index in [1.807, 2.05) is 24.3 Å². The third-order valence-electron chi connectivity index (χ3n) is 15.9. The van der Waals surface area contributed by atoms with Crippen LogP contribution in [0.15, 0.2) is 219 Å². The van der Waals surface area contributed by atoms with Crippen molar-refractivity contribution in [3.05, 3.63) is 219 Å². The minimum absolute atomic E-state index is 0.0535. The summed E-state index contributed by atoms with van der Waals surface area (Å²) in [7, 11) is -10.0. The van der Waals surface area contributed by atoms with Gasteiger partial charge < -0.3 is 33.8 Å². The van der Waals surface area contributed by atoms with Crippen LogP contribution in [0.5, 0.6) is 0 Å². The molecule has 0 heterocycles. The molecule has 0 saturated carbocycles. The quantitative estimate of drug-likeness (QED) is 0.0169. The number of aliphatic hydroxyl groups is 1. The summed E-state index contributed by atoms with van der Waals surface area (Å²) in [6, 6.07) is 0. The van der Waals surface area contributed by atoms with Crippen LogP contribution in [0.1, 0.15) is 272 Å². The molecule has 0 aromatic heterocycles. The van der Waals surface area contributed by atoms with Gasteiger partial charge in [-0.25, -0.2) is 9.13 Å². The van der Waals surface area contributed by atoms with E-state index in [2.05, 4.69) is 210 Å². The predicted octanol–water partition coefficient (Wildman–Crippen LogP) is 24.4. The molecule has 0 aliphatic heterocycles. The summed E-state index contributed by atoms with van der Waals surface area (Å²) >= 11 is 0. The zero-order valence-corrected chi connectivity index (χ0v) is 69.4. The first-order valence-corrected chi connectivity index (χ1v) is 44.0. The molecule has 0 aliphatic rings. The van der Waals surface area contributed by atoms with E-state index in [-0.39, 0.29) is 25.7 Å². The van der Waals surface area contributed by atoms with Crippen molar-refractivity contribution >= 4 is 39.5 Å². The molecule has 618 valence electrons. The average molecular weight is 1570 g/mol. The summed E-state index contributed by atoms with van der Waals surface area (Å²) in [5, 5.41) is 10.7. The number of carbonyl (C=O) groups is 4. The fourth-order valence-electron chi connectivity index (χ4n) is 9.83. The molecule has 0 rings (SSSR count). The van der Waals surface area contributed by atoms with Gasteiger partial charge in [0.25, 0.3) is 0 Å². The number of allylic oxidation sites excluding steroid dienone is 35. The Hall–Kier alpha value is -6.62. The number of ether oxygens (including phenoxy) is 4. The molecule has 5 atom stereocenters. The van der Waals surface area contributed by atoms with Crippen LogP contribution in [-0.4, -0.2) is 96.7 Å². The van der Waals surface area contributed by atoms with Gasteiger partial charge in [-0.3, -0.25) is 37.3 Å². The van der Waals surface area contributed by atoms with Crippen LogP contribution in [-0.2, 0) is 65.4 Å². The number of hydrogen-bond donors (Lipinski definition) is 3. The van der Waals surface area contributed by atoms with E-state index in [4.69, 9.17) is 37.0 Å². The first kappa shape index (κ1) is 103. The largest absolute Gasteiger partial charge is 0.472 e. The van der Waals surface area contributed by atoms with Crippen LogP contribution in [0, 0.1) is 0 Å². The topological polar surface area (TPSA) is 237 Å². The van der Waals surface area contributed by atoms with Gasteiger partial charge in [-0.1, -0.05) is 291 Å². The number of unbranched alkanes of at least 4 members (excludes halogenated alkanes) is 13. The van der Waals surface area contributed by atoms with Gasteiger partial charge in [0, 0.05) is 19.3 Å². The minimum atomic E-state index is -5.03. The Morgan fingerprint density at radius 2 is 0.518 bits per heavy atom. The van der Waals surface area contributed by atoms with E-state index in [0.717, 1.165) is 167 Å². The van der Waals surface area contributed by atoms with Gasteiger partial charge >= 0.3 is 39.5 Å². The first-order valence-electron chi connectivity index (χ1n) is 41.0. The lowest BCUT2D eigenvalue weighted by atomic mass is 10.1. The Morgan fingerprint density at radius 1 is 0.273 bits per heavy atom. The average Bonchev–Trinajstić information content (AvgIpc) is 0.900. The highest BCUT2D eigenvalue weighted by Gasteiger charge is 2.30. The van der Waals surface area contributed by atoms with E-state index < -0.39 is 97.5 Å². The molecule has 3 N–H and O–H groups in total. The van der Waals surface area contributed by atoms with E-state index in [1.165, 1.54) is 19.3 Å². The molecule has 0 aromatic carbocycles. The van der Waals surface area contributed by atoms with E-state index in [1.54, 1.807) is 12.2 Å². The predicted molar refractivity (Wildman–Crippen MR) is 454 cm³/mol. The van der Waals surface area contributed by atoms with Gasteiger partial charge in [0.2, 0.25) is 0 Å². The molecular formula is C91H142O17P2. The molecule has 19 heteroatoms. The van der Waals surface area contributed by atoms with Crippen LogP contribution in [0.4, 0.5) is 0 Å². The maximum absolute atomic E-state index is 13.1. The molecule has 110 heavy (non-hydrogen) atoms. The Kier molecular flexibility index (Phi) is 75.6. The lowest BCUT2D eigenvalue weighted by Crippen LogP contribution is -2.30. The van der Waals surface area contributed by atoms with Crippen molar-refractivity contribution in [2.45, 2.75) is 290 Å². The van der Waals surface area contributed by atoms with Crippen molar-refractivity contribution in [2.75, 3.05) is 39.6 Å². The Morgan fingerprint density at radius 3 is 0.855 bits per heavy atom. The number of phosphoric acid groups is 2. The monoisotopic (exact) mass is 1570 g/mol.